The predicted octanol–water partition coefficient (Wildman–Crippen LogP) is 1.86. The molecular formula is C14H20N2O2. The van der Waals surface area contributed by atoms with Gasteiger partial charge in [0.2, 0.25) is 6.41 Å². The Morgan fingerprint density at radius 1 is 1.28 bits per heavy atom. The largest absolute Gasteiger partial charge is 0.373 e. The molecule has 1 aliphatic rings. The SMILES string of the molecule is CC1CN(Cc2ccc(NC=O)cc2)CC(C)O1. The Morgan fingerprint density at radius 3 is 2.44 bits per heavy atom. The van der Waals surface area contributed by atoms with E-state index in [1.54, 1.807) is 0 Å². The number of ether oxygens (including phenoxy) is 1. The van der Waals surface area contributed by atoms with Crippen LogP contribution in [0.4, 0.5) is 5.69 Å². The third-order valence-corrected chi connectivity index (χ3v) is 3.08. The van der Waals surface area contributed by atoms with E-state index in [2.05, 4.69) is 36.2 Å². The molecule has 1 saturated heterocycles. The van der Waals surface area contributed by atoms with E-state index >= 15 is 0 Å². The van der Waals surface area contributed by atoms with Gasteiger partial charge in [0.15, 0.2) is 0 Å². The molecule has 2 rings (SSSR count). The molecule has 18 heavy (non-hydrogen) atoms. The maximum atomic E-state index is 10.3. The summed E-state index contributed by atoms with van der Waals surface area (Å²) in [6.45, 7) is 7.09. The highest BCUT2D eigenvalue weighted by Crippen LogP contribution is 2.15. The maximum Gasteiger partial charge on any atom is 0.211 e. The lowest BCUT2D eigenvalue weighted by Gasteiger charge is -2.35. The zero-order chi connectivity index (χ0) is 13.0. The van der Waals surface area contributed by atoms with Crippen LogP contribution in [-0.4, -0.2) is 36.6 Å². The summed E-state index contributed by atoms with van der Waals surface area (Å²) in [6, 6.07) is 7.96. The standard InChI is InChI=1S/C14H20N2O2/c1-11-7-16(8-12(2)18-11)9-13-3-5-14(6-4-13)15-10-17/h3-6,10-12H,7-9H2,1-2H3,(H,15,17). The van der Waals surface area contributed by atoms with Gasteiger partial charge >= 0.3 is 0 Å². The number of hydrogen-bond acceptors (Lipinski definition) is 3. The molecule has 0 radical (unpaired) electrons. The number of hydrogen-bond donors (Lipinski definition) is 1. The van der Waals surface area contributed by atoms with Gasteiger partial charge in [-0.05, 0) is 31.5 Å². The zero-order valence-corrected chi connectivity index (χ0v) is 10.9. The minimum absolute atomic E-state index is 0.296. The lowest BCUT2D eigenvalue weighted by atomic mass is 10.1. The number of nitrogens with one attached hydrogen (secondary N) is 1. The van der Waals surface area contributed by atoms with Gasteiger partial charge in [0.25, 0.3) is 0 Å². The van der Waals surface area contributed by atoms with Crippen LogP contribution in [0.3, 0.4) is 0 Å². The van der Waals surface area contributed by atoms with E-state index in [-0.39, 0.29) is 0 Å². The van der Waals surface area contributed by atoms with Gasteiger partial charge in [-0.2, -0.15) is 0 Å². The lowest BCUT2D eigenvalue weighted by molar-refractivity contribution is -0.105. The fourth-order valence-corrected chi connectivity index (χ4v) is 2.45. The number of benzene rings is 1. The normalized spacial score (nSPS) is 24.8. The van der Waals surface area contributed by atoms with Crippen LogP contribution >= 0.6 is 0 Å². The van der Waals surface area contributed by atoms with Crippen LogP contribution in [-0.2, 0) is 16.1 Å². The molecule has 1 fully saturated rings. The van der Waals surface area contributed by atoms with Crippen LogP contribution in [0.25, 0.3) is 0 Å². The molecule has 0 aliphatic carbocycles. The van der Waals surface area contributed by atoms with Crippen molar-refractivity contribution in [2.75, 3.05) is 18.4 Å². The first kappa shape index (κ1) is 13.1. The third kappa shape index (κ3) is 3.55. The van der Waals surface area contributed by atoms with Crippen molar-refractivity contribution in [3.8, 4) is 0 Å². The Balaban J connectivity index is 1.94. The molecule has 4 nitrogen and oxygen atoms in total. The fourth-order valence-electron chi connectivity index (χ4n) is 2.45. The number of rotatable bonds is 4. The molecule has 0 aromatic heterocycles. The van der Waals surface area contributed by atoms with Crippen molar-refractivity contribution in [3.63, 3.8) is 0 Å². The second-order valence-electron chi connectivity index (χ2n) is 4.91. The Morgan fingerprint density at radius 2 is 1.89 bits per heavy atom. The first-order valence-electron chi connectivity index (χ1n) is 6.34. The summed E-state index contributed by atoms with van der Waals surface area (Å²) in [4.78, 5) is 12.7. The first-order chi connectivity index (χ1) is 8.67. The van der Waals surface area contributed by atoms with Crippen molar-refractivity contribution in [2.24, 2.45) is 0 Å². The minimum atomic E-state index is 0.296. The minimum Gasteiger partial charge on any atom is -0.373 e. The van der Waals surface area contributed by atoms with E-state index < -0.39 is 0 Å². The summed E-state index contributed by atoms with van der Waals surface area (Å²) in [5.74, 6) is 0. The maximum absolute atomic E-state index is 10.3. The second kappa shape index (κ2) is 5.98. The molecule has 0 bridgehead atoms. The van der Waals surface area contributed by atoms with E-state index in [0.717, 1.165) is 25.3 Å². The number of carbonyl (C=O) groups is 1. The van der Waals surface area contributed by atoms with Crippen molar-refractivity contribution in [2.45, 2.75) is 32.6 Å². The quantitative estimate of drug-likeness (QED) is 0.827. The Hall–Kier alpha value is -1.39. The van der Waals surface area contributed by atoms with Crippen molar-refractivity contribution < 1.29 is 9.53 Å². The second-order valence-corrected chi connectivity index (χ2v) is 4.91. The monoisotopic (exact) mass is 248 g/mol. The van der Waals surface area contributed by atoms with E-state index in [9.17, 15) is 4.79 Å². The van der Waals surface area contributed by atoms with Gasteiger partial charge in [0.05, 0.1) is 12.2 Å². The topological polar surface area (TPSA) is 41.6 Å². The van der Waals surface area contributed by atoms with Crippen molar-refractivity contribution in [1.29, 1.82) is 0 Å². The fraction of sp³-hybridized carbons (Fsp3) is 0.500. The Kier molecular flexibility index (Phi) is 4.33. The zero-order valence-electron chi connectivity index (χ0n) is 10.9. The molecule has 4 heteroatoms. The lowest BCUT2D eigenvalue weighted by Crippen LogP contribution is -2.44. The van der Waals surface area contributed by atoms with Crippen LogP contribution in [0.1, 0.15) is 19.4 Å². The van der Waals surface area contributed by atoms with Gasteiger partial charge in [0, 0.05) is 25.3 Å². The van der Waals surface area contributed by atoms with Gasteiger partial charge in [-0.1, -0.05) is 12.1 Å². The molecule has 1 amide bonds. The van der Waals surface area contributed by atoms with Crippen molar-refractivity contribution in [3.05, 3.63) is 29.8 Å². The summed E-state index contributed by atoms with van der Waals surface area (Å²) in [5.41, 5.74) is 2.09. The van der Waals surface area contributed by atoms with Gasteiger partial charge in [0.1, 0.15) is 0 Å². The highest BCUT2D eigenvalue weighted by Gasteiger charge is 2.21. The van der Waals surface area contributed by atoms with Crippen LogP contribution in [0.15, 0.2) is 24.3 Å². The molecule has 1 N–H and O–H groups in total. The number of anilines is 1. The highest BCUT2D eigenvalue weighted by molar-refractivity contribution is 5.70. The average molecular weight is 248 g/mol. The van der Waals surface area contributed by atoms with Crippen LogP contribution in [0.5, 0.6) is 0 Å². The van der Waals surface area contributed by atoms with E-state index in [0.29, 0.717) is 18.6 Å². The van der Waals surface area contributed by atoms with E-state index in [1.165, 1.54) is 5.56 Å². The summed E-state index contributed by atoms with van der Waals surface area (Å²) >= 11 is 0. The molecule has 2 atom stereocenters. The third-order valence-electron chi connectivity index (χ3n) is 3.08. The number of carbonyl (C=O) groups excluding carboxylic acids is 1. The molecule has 0 saturated carbocycles. The number of nitrogens with zero attached hydrogens (tertiary/aromatic N) is 1. The molecule has 98 valence electrons. The molecule has 2 unspecified atom stereocenters. The van der Waals surface area contributed by atoms with Crippen LogP contribution in [0, 0.1) is 0 Å². The number of morpholine rings is 1. The van der Waals surface area contributed by atoms with Crippen LogP contribution < -0.4 is 5.32 Å². The van der Waals surface area contributed by atoms with Crippen molar-refractivity contribution >= 4 is 12.1 Å². The molecule has 1 heterocycles. The van der Waals surface area contributed by atoms with Crippen molar-refractivity contribution in [1.82, 2.24) is 4.90 Å². The van der Waals surface area contributed by atoms with E-state index in [1.807, 2.05) is 12.1 Å². The smallest absolute Gasteiger partial charge is 0.211 e. The van der Waals surface area contributed by atoms with Gasteiger partial charge < -0.3 is 10.1 Å². The average Bonchev–Trinajstić information content (AvgIpc) is 2.31. The summed E-state index contributed by atoms with van der Waals surface area (Å²) in [6.07, 6.45) is 1.29. The van der Waals surface area contributed by atoms with Gasteiger partial charge in [-0.3, -0.25) is 9.69 Å². The van der Waals surface area contributed by atoms with E-state index in [4.69, 9.17) is 4.74 Å². The predicted molar refractivity (Wildman–Crippen MR) is 71.4 cm³/mol. The summed E-state index contributed by atoms with van der Waals surface area (Å²) in [7, 11) is 0. The summed E-state index contributed by atoms with van der Waals surface area (Å²) in [5, 5.41) is 2.64. The number of amides is 1. The Bertz CT molecular complexity index is 381. The van der Waals surface area contributed by atoms with Gasteiger partial charge in [-0.15, -0.1) is 0 Å². The molecular weight excluding hydrogens is 228 g/mol. The summed E-state index contributed by atoms with van der Waals surface area (Å²) < 4.78 is 5.71. The Labute approximate surface area is 108 Å². The van der Waals surface area contributed by atoms with Gasteiger partial charge in [-0.25, -0.2) is 0 Å². The highest BCUT2D eigenvalue weighted by atomic mass is 16.5. The molecule has 0 spiro atoms. The first-order valence-corrected chi connectivity index (χ1v) is 6.34. The molecule has 1 aromatic rings. The molecule has 1 aromatic carbocycles. The molecule has 1 aliphatic heterocycles. The van der Waals surface area contributed by atoms with Crippen LogP contribution in [0.2, 0.25) is 0 Å².